The van der Waals surface area contributed by atoms with Crippen LogP contribution in [0.15, 0.2) is 36.5 Å². The van der Waals surface area contributed by atoms with Gasteiger partial charge in [0.15, 0.2) is 0 Å². The van der Waals surface area contributed by atoms with Crippen molar-refractivity contribution in [3.63, 3.8) is 0 Å². The number of nitrogens with zero attached hydrogens (tertiary/aromatic N) is 2. The highest BCUT2D eigenvalue weighted by Gasteiger charge is 2.10. The van der Waals surface area contributed by atoms with Gasteiger partial charge in [-0.25, -0.2) is 4.68 Å². The highest BCUT2D eigenvalue weighted by Crippen LogP contribution is 2.13. The van der Waals surface area contributed by atoms with E-state index in [4.69, 9.17) is 4.74 Å². The van der Waals surface area contributed by atoms with Crippen molar-refractivity contribution in [2.45, 2.75) is 26.6 Å². The molecule has 0 amide bonds. The monoisotopic (exact) mass is 281 g/mol. The van der Waals surface area contributed by atoms with E-state index in [1.807, 2.05) is 31.2 Å². The Morgan fingerprint density at radius 2 is 1.95 bits per heavy atom. The number of alkyl halides is 2. The molecule has 0 spiro atoms. The number of nitrogens with one attached hydrogen (secondary N) is 1. The summed E-state index contributed by atoms with van der Waals surface area (Å²) < 4.78 is 31.2. The molecule has 0 unspecified atom stereocenters. The van der Waals surface area contributed by atoms with Gasteiger partial charge in [-0.15, -0.1) is 0 Å². The van der Waals surface area contributed by atoms with E-state index in [9.17, 15) is 8.78 Å². The Hall–Kier alpha value is -1.95. The largest absolute Gasteiger partial charge is 0.494 e. The van der Waals surface area contributed by atoms with Crippen LogP contribution in [-0.2, 0) is 13.1 Å². The lowest BCUT2D eigenvalue weighted by atomic mass is 10.2. The second kappa shape index (κ2) is 7.00. The molecule has 0 aliphatic carbocycles. The number of aromatic nitrogens is 2. The molecule has 20 heavy (non-hydrogen) atoms. The summed E-state index contributed by atoms with van der Waals surface area (Å²) in [5.74, 6) is 0.826. The Bertz CT molecular complexity index is 525. The maximum Gasteiger partial charge on any atom is 0.333 e. The Kier molecular flexibility index (Phi) is 5.06. The van der Waals surface area contributed by atoms with Crippen molar-refractivity contribution in [2.24, 2.45) is 0 Å². The van der Waals surface area contributed by atoms with Gasteiger partial charge in [-0.2, -0.15) is 13.9 Å². The van der Waals surface area contributed by atoms with E-state index < -0.39 is 6.55 Å². The van der Waals surface area contributed by atoms with Gasteiger partial charge < -0.3 is 10.1 Å². The summed E-state index contributed by atoms with van der Waals surface area (Å²) >= 11 is 0. The minimum Gasteiger partial charge on any atom is -0.494 e. The second-order valence-electron chi connectivity index (χ2n) is 4.23. The first-order chi connectivity index (χ1) is 9.70. The molecule has 0 aliphatic rings. The Labute approximate surface area is 116 Å². The van der Waals surface area contributed by atoms with Crippen LogP contribution in [-0.4, -0.2) is 16.4 Å². The average Bonchev–Trinajstić information content (AvgIpc) is 2.90. The number of ether oxygens (including phenoxy) is 1. The second-order valence-corrected chi connectivity index (χ2v) is 4.23. The van der Waals surface area contributed by atoms with Crippen LogP contribution >= 0.6 is 0 Å². The van der Waals surface area contributed by atoms with Crippen molar-refractivity contribution in [1.29, 1.82) is 0 Å². The molecule has 2 aromatic rings. The van der Waals surface area contributed by atoms with E-state index in [2.05, 4.69) is 10.4 Å². The lowest BCUT2D eigenvalue weighted by molar-refractivity contribution is 0.0531. The van der Waals surface area contributed by atoms with Crippen molar-refractivity contribution >= 4 is 0 Å². The molecule has 1 heterocycles. The van der Waals surface area contributed by atoms with E-state index in [0.29, 0.717) is 30.1 Å². The van der Waals surface area contributed by atoms with Crippen LogP contribution in [0.4, 0.5) is 8.78 Å². The first kappa shape index (κ1) is 14.5. The molecule has 0 atom stereocenters. The van der Waals surface area contributed by atoms with Gasteiger partial charge in [0.05, 0.1) is 12.3 Å². The molecule has 6 heteroatoms. The van der Waals surface area contributed by atoms with E-state index in [-0.39, 0.29) is 0 Å². The zero-order chi connectivity index (χ0) is 14.4. The maximum absolute atomic E-state index is 12.6. The molecule has 2 rings (SSSR count). The van der Waals surface area contributed by atoms with Crippen molar-refractivity contribution in [2.75, 3.05) is 6.61 Å². The zero-order valence-corrected chi connectivity index (χ0v) is 11.2. The molecule has 0 saturated heterocycles. The van der Waals surface area contributed by atoms with Crippen LogP contribution in [0.3, 0.4) is 0 Å². The smallest absolute Gasteiger partial charge is 0.333 e. The quantitative estimate of drug-likeness (QED) is 0.848. The zero-order valence-electron chi connectivity index (χ0n) is 11.2. The molecule has 0 saturated carbocycles. The number of hydrogen-bond donors (Lipinski definition) is 1. The van der Waals surface area contributed by atoms with Gasteiger partial charge in [-0.1, -0.05) is 12.1 Å². The third-order valence-corrected chi connectivity index (χ3v) is 2.81. The number of rotatable bonds is 7. The van der Waals surface area contributed by atoms with Crippen LogP contribution in [0.1, 0.15) is 24.7 Å². The van der Waals surface area contributed by atoms with Crippen LogP contribution in [0, 0.1) is 0 Å². The normalized spacial score (nSPS) is 11.0. The molecular formula is C14H17F2N3O. The molecule has 1 N–H and O–H groups in total. The van der Waals surface area contributed by atoms with Gasteiger partial charge in [0.1, 0.15) is 5.75 Å². The van der Waals surface area contributed by atoms with E-state index in [1.165, 1.54) is 6.20 Å². The van der Waals surface area contributed by atoms with E-state index >= 15 is 0 Å². The number of hydrogen-bond acceptors (Lipinski definition) is 3. The van der Waals surface area contributed by atoms with Crippen molar-refractivity contribution in [3.05, 3.63) is 47.8 Å². The molecule has 0 bridgehead atoms. The molecule has 4 nitrogen and oxygen atoms in total. The molecule has 1 aromatic carbocycles. The highest BCUT2D eigenvalue weighted by molar-refractivity contribution is 5.27. The fourth-order valence-electron chi connectivity index (χ4n) is 1.86. The predicted octanol–water partition coefficient (Wildman–Crippen LogP) is 2.97. The summed E-state index contributed by atoms with van der Waals surface area (Å²) in [5.41, 5.74) is 1.53. The van der Waals surface area contributed by atoms with Crippen LogP contribution in [0.5, 0.6) is 5.75 Å². The van der Waals surface area contributed by atoms with Crippen LogP contribution in [0.2, 0.25) is 0 Å². The molecule has 108 valence electrons. The van der Waals surface area contributed by atoms with Crippen LogP contribution < -0.4 is 10.1 Å². The summed E-state index contributed by atoms with van der Waals surface area (Å²) in [5, 5.41) is 6.70. The van der Waals surface area contributed by atoms with Crippen LogP contribution in [0.25, 0.3) is 0 Å². The first-order valence-electron chi connectivity index (χ1n) is 6.43. The average molecular weight is 281 g/mol. The van der Waals surface area contributed by atoms with Crippen molar-refractivity contribution < 1.29 is 13.5 Å². The first-order valence-corrected chi connectivity index (χ1v) is 6.43. The Balaban J connectivity index is 1.84. The number of benzene rings is 1. The van der Waals surface area contributed by atoms with Gasteiger partial charge in [-0.3, -0.25) is 0 Å². The standard InChI is InChI=1S/C14H17F2N3O/c1-2-20-13-5-3-11(4-6-13)9-17-10-12-7-8-18-19(12)14(15)16/h3-8,14,17H,2,9-10H2,1H3. The molecule has 0 fully saturated rings. The third kappa shape index (κ3) is 3.77. The minimum atomic E-state index is -2.60. The minimum absolute atomic E-state index is 0.345. The third-order valence-electron chi connectivity index (χ3n) is 2.81. The molecular weight excluding hydrogens is 264 g/mol. The Morgan fingerprint density at radius 3 is 2.60 bits per heavy atom. The topological polar surface area (TPSA) is 39.1 Å². The fraction of sp³-hybridized carbons (Fsp3) is 0.357. The molecule has 0 radical (unpaired) electrons. The lowest BCUT2D eigenvalue weighted by Crippen LogP contribution is -2.16. The molecule has 1 aromatic heterocycles. The van der Waals surface area contributed by atoms with Crippen molar-refractivity contribution in [1.82, 2.24) is 15.1 Å². The molecule has 0 aliphatic heterocycles. The maximum atomic E-state index is 12.6. The van der Waals surface area contributed by atoms with Gasteiger partial charge in [0.25, 0.3) is 0 Å². The van der Waals surface area contributed by atoms with Gasteiger partial charge in [-0.05, 0) is 30.7 Å². The van der Waals surface area contributed by atoms with Gasteiger partial charge in [0, 0.05) is 19.3 Å². The van der Waals surface area contributed by atoms with E-state index in [1.54, 1.807) is 6.07 Å². The predicted molar refractivity (Wildman–Crippen MR) is 71.6 cm³/mol. The lowest BCUT2D eigenvalue weighted by Gasteiger charge is -2.08. The number of halogens is 2. The Morgan fingerprint density at radius 1 is 1.20 bits per heavy atom. The highest BCUT2D eigenvalue weighted by atomic mass is 19.3. The summed E-state index contributed by atoms with van der Waals surface area (Å²) in [6, 6.07) is 9.26. The van der Waals surface area contributed by atoms with Gasteiger partial charge >= 0.3 is 6.55 Å². The van der Waals surface area contributed by atoms with E-state index in [0.717, 1.165) is 11.3 Å². The summed E-state index contributed by atoms with van der Waals surface area (Å²) in [6.45, 7) is 0.905. The summed E-state index contributed by atoms with van der Waals surface area (Å²) in [4.78, 5) is 0. The summed E-state index contributed by atoms with van der Waals surface area (Å²) in [7, 11) is 0. The van der Waals surface area contributed by atoms with Crippen molar-refractivity contribution in [3.8, 4) is 5.75 Å². The SMILES string of the molecule is CCOc1ccc(CNCc2ccnn2C(F)F)cc1. The van der Waals surface area contributed by atoms with Gasteiger partial charge in [0.2, 0.25) is 0 Å². The summed E-state index contributed by atoms with van der Waals surface area (Å²) in [6.07, 6.45) is 1.38. The fourth-order valence-corrected chi connectivity index (χ4v) is 1.86.